The zero-order valence-corrected chi connectivity index (χ0v) is 8.77. The average Bonchev–Trinajstić information content (AvgIpc) is 2.91. The Morgan fingerprint density at radius 3 is 2.94 bits per heavy atom. The number of urea groups is 1. The second-order valence-corrected chi connectivity index (χ2v) is 3.35. The Morgan fingerprint density at radius 1 is 1.53 bits per heavy atom. The number of carbonyl (C=O) groups is 3. The van der Waals surface area contributed by atoms with E-state index in [-0.39, 0.29) is 19.6 Å². The molecule has 3 N–H and O–H groups in total. The number of imide groups is 1. The normalized spacial score (nSPS) is 14.9. The van der Waals surface area contributed by atoms with Gasteiger partial charge in [-0.2, -0.15) is 5.10 Å². The maximum absolute atomic E-state index is 11.4. The molecule has 0 spiro atoms. The number of H-pyrrole nitrogens is 1. The lowest BCUT2D eigenvalue weighted by Crippen LogP contribution is -2.40. The van der Waals surface area contributed by atoms with Gasteiger partial charge in [0.2, 0.25) is 5.91 Å². The summed E-state index contributed by atoms with van der Waals surface area (Å²) in [6.07, 6.45) is 1.32. The number of amides is 4. The van der Waals surface area contributed by atoms with E-state index in [1.165, 1.54) is 6.33 Å². The molecular weight excluding hydrogens is 228 g/mol. The summed E-state index contributed by atoms with van der Waals surface area (Å²) in [6.45, 7) is -0.185. The van der Waals surface area contributed by atoms with Gasteiger partial charge in [-0.25, -0.2) is 9.78 Å². The lowest BCUT2D eigenvalue weighted by molar-refractivity contribution is -0.130. The van der Waals surface area contributed by atoms with Gasteiger partial charge in [0.05, 0.1) is 13.1 Å². The molecule has 0 aromatic carbocycles. The van der Waals surface area contributed by atoms with E-state index in [4.69, 9.17) is 0 Å². The third-order valence-corrected chi connectivity index (χ3v) is 2.16. The molecule has 0 bridgehead atoms. The number of hydrogen-bond donors (Lipinski definition) is 3. The van der Waals surface area contributed by atoms with E-state index in [0.717, 1.165) is 4.90 Å². The predicted octanol–water partition coefficient (Wildman–Crippen LogP) is -2.03. The lowest BCUT2D eigenvalue weighted by atomic mass is 10.4. The van der Waals surface area contributed by atoms with Crippen molar-refractivity contribution in [2.45, 2.75) is 6.54 Å². The van der Waals surface area contributed by atoms with E-state index < -0.39 is 17.8 Å². The molecule has 0 atom stereocenters. The fourth-order valence-corrected chi connectivity index (χ4v) is 1.31. The van der Waals surface area contributed by atoms with Crippen LogP contribution < -0.4 is 10.6 Å². The maximum atomic E-state index is 11.4. The second kappa shape index (κ2) is 4.60. The van der Waals surface area contributed by atoms with Crippen LogP contribution in [0.5, 0.6) is 0 Å². The first-order chi connectivity index (χ1) is 8.16. The molecule has 17 heavy (non-hydrogen) atoms. The van der Waals surface area contributed by atoms with Gasteiger partial charge in [0.1, 0.15) is 18.7 Å². The molecule has 2 heterocycles. The van der Waals surface area contributed by atoms with Crippen LogP contribution in [-0.2, 0) is 16.1 Å². The number of carbonyl (C=O) groups excluding carboxylic acids is 3. The number of aromatic nitrogens is 3. The van der Waals surface area contributed by atoms with E-state index in [0.29, 0.717) is 5.82 Å². The van der Waals surface area contributed by atoms with Gasteiger partial charge < -0.3 is 10.6 Å². The molecule has 0 saturated carbocycles. The molecule has 1 saturated heterocycles. The minimum Gasteiger partial charge on any atom is -0.347 e. The van der Waals surface area contributed by atoms with Crippen molar-refractivity contribution in [3.8, 4) is 0 Å². The van der Waals surface area contributed by atoms with E-state index in [2.05, 4.69) is 25.8 Å². The highest BCUT2D eigenvalue weighted by atomic mass is 16.2. The first-order valence-electron chi connectivity index (χ1n) is 4.86. The van der Waals surface area contributed by atoms with Gasteiger partial charge >= 0.3 is 6.03 Å². The molecule has 1 aromatic heterocycles. The quantitative estimate of drug-likeness (QED) is 0.522. The first kappa shape index (κ1) is 11.0. The molecule has 0 radical (unpaired) electrons. The van der Waals surface area contributed by atoms with Gasteiger partial charge in [0.15, 0.2) is 0 Å². The summed E-state index contributed by atoms with van der Waals surface area (Å²) in [6, 6.07) is -0.551. The smallest absolute Gasteiger partial charge is 0.325 e. The van der Waals surface area contributed by atoms with Gasteiger partial charge in [-0.3, -0.25) is 19.6 Å². The van der Waals surface area contributed by atoms with Crippen molar-refractivity contribution >= 4 is 17.8 Å². The number of nitrogens with one attached hydrogen (secondary N) is 3. The molecule has 0 aliphatic carbocycles. The molecule has 1 aliphatic heterocycles. The molecule has 0 unspecified atom stereocenters. The number of hydrogen-bond acceptors (Lipinski definition) is 5. The average molecular weight is 238 g/mol. The molecule has 1 aliphatic rings. The fourth-order valence-electron chi connectivity index (χ4n) is 1.31. The fraction of sp³-hybridized carbons (Fsp3) is 0.375. The Hall–Kier alpha value is -2.45. The van der Waals surface area contributed by atoms with E-state index in [1.54, 1.807) is 0 Å². The third kappa shape index (κ3) is 2.56. The van der Waals surface area contributed by atoms with E-state index in [1.807, 2.05) is 0 Å². The van der Waals surface area contributed by atoms with Gasteiger partial charge in [-0.05, 0) is 0 Å². The highest BCUT2D eigenvalue weighted by Gasteiger charge is 2.29. The number of nitrogens with zero attached hydrogens (tertiary/aromatic N) is 3. The van der Waals surface area contributed by atoms with Crippen molar-refractivity contribution in [1.29, 1.82) is 0 Å². The molecule has 90 valence electrons. The van der Waals surface area contributed by atoms with Crippen molar-refractivity contribution in [3.63, 3.8) is 0 Å². The summed E-state index contributed by atoms with van der Waals surface area (Å²) in [5, 5.41) is 11.0. The first-order valence-corrected chi connectivity index (χ1v) is 4.86. The van der Waals surface area contributed by atoms with Crippen molar-refractivity contribution in [2.24, 2.45) is 0 Å². The number of aromatic amines is 1. The molecule has 1 aromatic rings. The summed E-state index contributed by atoms with van der Waals surface area (Å²) < 4.78 is 0. The highest BCUT2D eigenvalue weighted by molar-refractivity contribution is 6.04. The van der Waals surface area contributed by atoms with Crippen molar-refractivity contribution < 1.29 is 14.4 Å². The lowest BCUT2D eigenvalue weighted by Gasteiger charge is -2.11. The zero-order chi connectivity index (χ0) is 12.3. The Bertz CT molecular complexity index is 426. The predicted molar refractivity (Wildman–Crippen MR) is 53.3 cm³/mol. The minimum absolute atomic E-state index is 0.0613. The second-order valence-electron chi connectivity index (χ2n) is 3.35. The van der Waals surface area contributed by atoms with Gasteiger partial charge in [-0.1, -0.05) is 0 Å². The van der Waals surface area contributed by atoms with E-state index >= 15 is 0 Å². The van der Waals surface area contributed by atoms with Gasteiger partial charge in [0, 0.05) is 0 Å². The maximum Gasteiger partial charge on any atom is 0.325 e. The van der Waals surface area contributed by atoms with Crippen LogP contribution in [0.1, 0.15) is 5.82 Å². The molecule has 9 heteroatoms. The van der Waals surface area contributed by atoms with Crippen LogP contribution in [0.3, 0.4) is 0 Å². The summed E-state index contributed by atoms with van der Waals surface area (Å²) in [7, 11) is 0. The zero-order valence-electron chi connectivity index (χ0n) is 8.77. The topological polar surface area (TPSA) is 120 Å². The van der Waals surface area contributed by atoms with Crippen LogP contribution in [0.4, 0.5) is 4.79 Å². The van der Waals surface area contributed by atoms with Gasteiger partial charge in [0.25, 0.3) is 5.91 Å². The minimum atomic E-state index is -0.551. The molecule has 9 nitrogen and oxygen atoms in total. The highest BCUT2D eigenvalue weighted by Crippen LogP contribution is 1.97. The van der Waals surface area contributed by atoms with Crippen LogP contribution in [0, 0.1) is 0 Å². The van der Waals surface area contributed by atoms with Crippen molar-refractivity contribution in [2.75, 3.05) is 13.1 Å². The van der Waals surface area contributed by atoms with Gasteiger partial charge in [-0.15, -0.1) is 0 Å². The van der Waals surface area contributed by atoms with E-state index in [9.17, 15) is 14.4 Å². The van der Waals surface area contributed by atoms with Crippen LogP contribution in [0.2, 0.25) is 0 Å². The standard InChI is InChI=1S/C8H10N6O3/c15-6(9-1-5-11-4-12-13-5)3-14-7(16)2-10-8(14)17/h4H,1-3H2,(H,9,15)(H,10,17)(H,11,12,13). The Balaban J connectivity index is 1.81. The number of rotatable bonds is 4. The van der Waals surface area contributed by atoms with Crippen LogP contribution in [0.15, 0.2) is 6.33 Å². The monoisotopic (exact) mass is 238 g/mol. The summed E-state index contributed by atoms with van der Waals surface area (Å²) in [5.74, 6) is -0.354. The summed E-state index contributed by atoms with van der Waals surface area (Å²) in [4.78, 5) is 38.4. The van der Waals surface area contributed by atoms with Crippen molar-refractivity contribution in [3.05, 3.63) is 12.2 Å². The molecule has 1 fully saturated rings. The summed E-state index contributed by atoms with van der Waals surface area (Å²) >= 11 is 0. The van der Waals surface area contributed by atoms with Crippen LogP contribution in [-0.4, -0.2) is 51.0 Å². The van der Waals surface area contributed by atoms with Crippen LogP contribution >= 0.6 is 0 Å². The molecular formula is C8H10N6O3. The Morgan fingerprint density at radius 2 is 2.35 bits per heavy atom. The largest absolute Gasteiger partial charge is 0.347 e. The third-order valence-electron chi connectivity index (χ3n) is 2.16. The van der Waals surface area contributed by atoms with Crippen LogP contribution in [0.25, 0.3) is 0 Å². The molecule has 2 rings (SSSR count). The Labute approximate surface area is 95.6 Å². The van der Waals surface area contributed by atoms with Crippen molar-refractivity contribution in [1.82, 2.24) is 30.7 Å². The Kier molecular flexibility index (Phi) is 2.99. The molecule has 4 amide bonds. The summed E-state index contributed by atoms with van der Waals surface area (Å²) in [5.41, 5.74) is 0. The SMILES string of the molecule is O=C(CN1C(=O)CNC1=O)NCc1ncn[nH]1.